The van der Waals surface area contributed by atoms with Crippen LogP contribution in [0, 0.1) is 5.41 Å². The van der Waals surface area contributed by atoms with Crippen LogP contribution in [-0.4, -0.2) is 32.0 Å². The van der Waals surface area contributed by atoms with Crippen LogP contribution in [0.5, 0.6) is 0 Å². The van der Waals surface area contributed by atoms with E-state index in [1.165, 1.54) is 11.9 Å². The van der Waals surface area contributed by atoms with Gasteiger partial charge in [-0.25, -0.2) is 4.98 Å². The van der Waals surface area contributed by atoms with Crippen molar-refractivity contribution in [1.29, 1.82) is 0 Å². The van der Waals surface area contributed by atoms with Crippen molar-refractivity contribution < 1.29 is 5.11 Å². The summed E-state index contributed by atoms with van der Waals surface area (Å²) in [7, 11) is 0. The van der Waals surface area contributed by atoms with Crippen molar-refractivity contribution in [3.8, 4) is 0 Å². The maximum atomic E-state index is 11.0. The van der Waals surface area contributed by atoms with Crippen LogP contribution in [-0.2, 0) is 13.1 Å². The molecule has 5 nitrogen and oxygen atoms in total. The molecule has 1 aromatic carbocycles. The fraction of sp³-hybridized carbons (Fsp3) is 0.500. The predicted octanol–water partition coefficient (Wildman–Crippen LogP) is 1.85. The first-order valence-electron chi connectivity index (χ1n) is 7.20. The lowest BCUT2D eigenvalue weighted by Gasteiger charge is -2.40. The highest BCUT2D eigenvalue weighted by molar-refractivity contribution is 5.14. The Morgan fingerprint density at radius 3 is 2.48 bits per heavy atom. The van der Waals surface area contributed by atoms with Gasteiger partial charge in [-0.15, -0.1) is 0 Å². The third kappa shape index (κ3) is 4.12. The number of hydrogen-bond acceptors (Lipinski definition) is 4. The van der Waals surface area contributed by atoms with E-state index in [1.807, 2.05) is 39.0 Å². The highest BCUT2D eigenvalue weighted by Gasteiger charge is 2.40. The summed E-state index contributed by atoms with van der Waals surface area (Å²) in [5.74, 6) is 0. The number of nitrogens with one attached hydrogen (secondary N) is 1. The molecular formula is C16H24N4O. The lowest BCUT2D eigenvalue weighted by molar-refractivity contribution is -0.0717. The van der Waals surface area contributed by atoms with Crippen LogP contribution in [0.15, 0.2) is 43.0 Å². The van der Waals surface area contributed by atoms with Crippen LogP contribution in [0.25, 0.3) is 0 Å². The zero-order chi connectivity index (χ0) is 15.3. The number of aromatic nitrogens is 3. The van der Waals surface area contributed by atoms with Gasteiger partial charge in [-0.1, -0.05) is 51.1 Å². The van der Waals surface area contributed by atoms with E-state index < -0.39 is 5.60 Å². The fourth-order valence-electron chi connectivity index (χ4n) is 2.15. The summed E-state index contributed by atoms with van der Waals surface area (Å²) in [6, 6.07) is 10.2. The van der Waals surface area contributed by atoms with Crippen molar-refractivity contribution in [2.24, 2.45) is 5.41 Å². The molecule has 0 spiro atoms. The highest BCUT2D eigenvalue weighted by atomic mass is 16.3. The van der Waals surface area contributed by atoms with E-state index in [2.05, 4.69) is 27.5 Å². The number of benzene rings is 1. The maximum absolute atomic E-state index is 11.0. The molecule has 0 amide bonds. The Balaban J connectivity index is 2.00. The van der Waals surface area contributed by atoms with Gasteiger partial charge in [0.2, 0.25) is 0 Å². The van der Waals surface area contributed by atoms with Crippen molar-refractivity contribution in [2.75, 3.05) is 6.54 Å². The molecule has 0 radical (unpaired) electrons. The minimum atomic E-state index is -0.907. The highest BCUT2D eigenvalue weighted by Crippen LogP contribution is 2.31. The van der Waals surface area contributed by atoms with E-state index in [4.69, 9.17) is 0 Å². The molecule has 0 fully saturated rings. The Bertz CT molecular complexity index is 533. The van der Waals surface area contributed by atoms with Gasteiger partial charge in [-0.05, 0) is 11.0 Å². The molecule has 1 aromatic heterocycles. The predicted molar refractivity (Wildman–Crippen MR) is 82.6 cm³/mol. The lowest BCUT2D eigenvalue weighted by atomic mass is 9.76. The summed E-state index contributed by atoms with van der Waals surface area (Å²) in [4.78, 5) is 3.94. The summed E-state index contributed by atoms with van der Waals surface area (Å²) in [6.07, 6.45) is 3.12. The van der Waals surface area contributed by atoms with Crippen molar-refractivity contribution in [3.63, 3.8) is 0 Å². The van der Waals surface area contributed by atoms with E-state index >= 15 is 0 Å². The average Bonchev–Trinajstić information content (AvgIpc) is 2.91. The normalized spacial score (nSPS) is 14.9. The topological polar surface area (TPSA) is 63.0 Å². The van der Waals surface area contributed by atoms with Crippen LogP contribution in [0.4, 0.5) is 0 Å². The number of hydrogen-bond donors (Lipinski definition) is 2. The van der Waals surface area contributed by atoms with Crippen LogP contribution >= 0.6 is 0 Å². The van der Waals surface area contributed by atoms with E-state index in [-0.39, 0.29) is 5.41 Å². The third-order valence-corrected chi connectivity index (χ3v) is 3.88. The van der Waals surface area contributed by atoms with Crippen LogP contribution in [0.3, 0.4) is 0 Å². The van der Waals surface area contributed by atoms with Gasteiger partial charge in [0.05, 0.1) is 6.54 Å². The SMILES string of the molecule is CC(C)(C)C(O)(CNCc1ccccc1)Cn1cncn1. The van der Waals surface area contributed by atoms with E-state index in [0.717, 1.165) is 6.54 Å². The van der Waals surface area contributed by atoms with Crippen molar-refractivity contribution in [2.45, 2.75) is 39.5 Å². The minimum absolute atomic E-state index is 0.275. The first-order chi connectivity index (χ1) is 9.91. The second kappa shape index (κ2) is 6.37. The first-order valence-corrected chi connectivity index (χ1v) is 7.20. The second-order valence-corrected chi connectivity index (χ2v) is 6.46. The van der Waals surface area contributed by atoms with Crippen LogP contribution < -0.4 is 5.32 Å². The summed E-state index contributed by atoms with van der Waals surface area (Å²) < 4.78 is 1.68. The van der Waals surface area contributed by atoms with Crippen molar-refractivity contribution in [3.05, 3.63) is 48.5 Å². The molecule has 0 aliphatic carbocycles. The molecule has 0 saturated heterocycles. The Morgan fingerprint density at radius 2 is 1.90 bits per heavy atom. The second-order valence-electron chi connectivity index (χ2n) is 6.46. The van der Waals surface area contributed by atoms with Crippen molar-refractivity contribution >= 4 is 0 Å². The largest absolute Gasteiger partial charge is 0.386 e. The molecule has 5 heteroatoms. The third-order valence-electron chi connectivity index (χ3n) is 3.88. The number of nitrogens with zero attached hydrogens (tertiary/aromatic N) is 3. The van der Waals surface area contributed by atoms with Crippen LogP contribution in [0.2, 0.25) is 0 Å². The zero-order valence-corrected chi connectivity index (χ0v) is 13.0. The molecule has 0 aliphatic rings. The summed E-state index contributed by atoms with van der Waals surface area (Å²) in [5.41, 5.74) is 0.0208. The van der Waals surface area contributed by atoms with Crippen LogP contribution in [0.1, 0.15) is 26.3 Å². The maximum Gasteiger partial charge on any atom is 0.137 e. The van der Waals surface area contributed by atoms with Gasteiger partial charge < -0.3 is 10.4 Å². The fourth-order valence-corrected chi connectivity index (χ4v) is 2.15. The van der Waals surface area contributed by atoms with E-state index in [1.54, 1.807) is 11.0 Å². The van der Waals surface area contributed by atoms with Gasteiger partial charge in [0, 0.05) is 13.1 Å². The standard InChI is InChI=1S/C16H24N4O/c1-15(2,3)16(21,11-20-13-18-12-19-20)10-17-9-14-7-5-4-6-8-14/h4-8,12-13,17,21H,9-11H2,1-3H3. The Labute approximate surface area is 126 Å². The van der Waals surface area contributed by atoms with Gasteiger partial charge in [-0.3, -0.25) is 4.68 Å². The Kier molecular flexibility index (Phi) is 4.75. The van der Waals surface area contributed by atoms with Gasteiger partial charge in [-0.2, -0.15) is 5.10 Å². The molecule has 21 heavy (non-hydrogen) atoms. The molecular weight excluding hydrogens is 264 g/mol. The summed E-state index contributed by atoms with van der Waals surface area (Å²) in [5, 5.41) is 18.5. The number of rotatable bonds is 6. The van der Waals surface area contributed by atoms with E-state index in [0.29, 0.717) is 13.1 Å². The summed E-state index contributed by atoms with van der Waals surface area (Å²) in [6.45, 7) is 7.75. The molecule has 0 bridgehead atoms. The first kappa shape index (κ1) is 15.7. The van der Waals surface area contributed by atoms with Gasteiger partial charge >= 0.3 is 0 Å². The smallest absolute Gasteiger partial charge is 0.137 e. The van der Waals surface area contributed by atoms with Crippen molar-refractivity contribution in [1.82, 2.24) is 20.1 Å². The summed E-state index contributed by atoms with van der Waals surface area (Å²) >= 11 is 0. The molecule has 2 N–H and O–H groups in total. The van der Waals surface area contributed by atoms with Gasteiger partial charge in [0.25, 0.3) is 0 Å². The molecule has 0 aliphatic heterocycles. The Morgan fingerprint density at radius 1 is 1.19 bits per heavy atom. The molecule has 1 heterocycles. The molecule has 1 unspecified atom stereocenters. The molecule has 114 valence electrons. The van der Waals surface area contributed by atoms with E-state index in [9.17, 15) is 5.11 Å². The van der Waals surface area contributed by atoms with Gasteiger partial charge in [0.1, 0.15) is 18.3 Å². The molecule has 1 atom stereocenters. The zero-order valence-electron chi connectivity index (χ0n) is 13.0. The quantitative estimate of drug-likeness (QED) is 0.851. The number of aliphatic hydroxyl groups is 1. The molecule has 0 saturated carbocycles. The van der Waals surface area contributed by atoms with Gasteiger partial charge in [0.15, 0.2) is 0 Å². The molecule has 2 aromatic rings. The molecule has 2 rings (SSSR count). The monoisotopic (exact) mass is 288 g/mol. The average molecular weight is 288 g/mol. The minimum Gasteiger partial charge on any atom is -0.386 e. The Hall–Kier alpha value is -1.72. The lowest BCUT2D eigenvalue weighted by Crippen LogP contribution is -2.53.